The van der Waals surface area contributed by atoms with E-state index in [1.54, 1.807) is 11.0 Å². The number of carbonyl (C=O) groups is 1. The number of ether oxygens (including phenoxy) is 1. The van der Waals surface area contributed by atoms with Crippen molar-refractivity contribution in [1.29, 1.82) is 0 Å². The van der Waals surface area contributed by atoms with E-state index in [1.807, 2.05) is 6.92 Å². The Bertz CT molecular complexity index is 1070. The molecule has 170 valence electrons. The summed E-state index contributed by atoms with van der Waals surface area (Å²) in [4.78, 5) is 18.2. The molecule has 0 unspecified atom stereocenters. The zero-order valence-corrected chi connectivity index (χ0v) is 17.4. The first-order valence-corrected chi connectivity index (χ1v) is 9.62. The molecule has 0 spiro atoms. The van der Waals surface area contributed by atoms with Crippen molar-refractivity contribution in [2.75, 3.05) is 25.5 Å². The first kappa shape index (κ1) is 23.2. The minimum atomic E-state index is -4.58. The molecule has 0 aliphatic rings. The zero-order valence-electron chi connectivity index (χ0n) is 17.4. The third-order valence-electron chi connectivity index (χ3n) is 4.70. The van der Waals surface area contributed by atoms with Gasteiger partial charge in [-0.25, -0.2) is 14.1 Å². The Labute approximate surface area is 181 Å². The predicted octanol–water partition coefficient (Wildman–Crippen LogP) is 3.89. The number of hydrogen-bond donors (Lipinski definition) is 1. The first-order valence-electron chi connectivity index (χ1n) is 9.62. The number of anilines is 1. The van der Waals surface area contributed by atoms with Crippen molar-refractivity contribution < 1.29 is 27.1 Å². The molecule has 3 rings (SSSR count). The van der Waals surface area contributed by atoms with Gasteiger partial charge >= 0.3 is 6.18 Å². The van der Waals surface area contributed by atoms with Gasteiger partial charge in [-0.1, -0.05) is 13.0 Å². The molecule has 3 aromatic rings. The lowest BCUT2D eigenvalue weighted by Gasteiger charge is -2.21. The standard InChI is InChI=1S/C21H21F4N5O2/c1-3-29(10-14-4-7-19(32-2)16(22)8-14)11-20(31)28-17-9-15(21(23,24)25)5-6-18(17)30-13-26-12-27-30/h4-9,12-13H,3,10-11H2,1-2H3,(H,28,31). The number of hydrogen-bond acceptors (Lipinski definition) is 5. The Morgan fingerprint density at radius 2 is 2.00 bits per heavy atom. The molecule has 0 atom stereocenters. The number of rotatable bonds is 8. The summed E-state index contributed by atoms with van der Waals surface area (Å²) < 4.78 is 59.6. The number of halogens is 4. The van der Waals surface area contributed by atoms with E-state index in [0.717, 1.165) is 12.1 Å². The van der Waals surface area contributed by atoms with Crippen LogP contribution in [-0.2, 0) is 17.5 Å². The largest absolute Gasteiger partial charge is 0.494 e. The molecule has 32 heavy (non-hydrogen) atoms. The molecule has 0 fully saturated rings. The van der Waals surface area contributed by atoms with Crippen LogP contribution < -0.4 is 10.1 Å². The Morgan fingerprint density at radius 3 is 2.59 bits per heavy atom. The molecule has 0 radical (unpaired) electrons. The fourth-order valence-electron chi connectivity index (χ4n) is 3.08. The van der Waals surface area contributed by atoms with Gasteiger partial charge in [0.1, 0.15) is 12.7 Å². The third-order valence-corrected chi connectivity index (χ3v) is 4.70. The van der Waals surface area contributed by atoms with Gasteiger partial charge in [0.05, 0.1) is 30.6 Å². The van der Waals surface area contributed by atoms with Crippen molar-refractivity contribution in [2.24, 2.45) is 0 Å². The van der Waals surface area contributed by atoms with Crippen LogP contribution in [0.4, 0.5) is 23.2 Å². The zero-order chi connectivity index (χ0) is 23.3. The van der Waals surface area contributed by atoms with Gasteiger partial charge in [0.15, 0.2) is 11.6 Å². The molecule has 11 heteroatoms. The molecule has 0 bridgehead atoms. The van der Waals surface area contributed by atoms with E-state index in [4.69, 9.17) is 4.74 Å². The van der Waals surface area contributed by atoms with E-state index in [2.05, 4.69) is 15.4 Å². The van der Waals surface area contributed by atoms with E-state index in [9.17, 15) is 22.4 Å². The summed E-state index contributed by atoms with van der Waals surface area (Å²) in [7, 11) is 1.36. The van der Waals surface area contributed by atoms with E-state index < -0.39 is 23.5 Å². The summed E-state index contributed by atoms with van der Waals surface area (Å²) in [5.41, 5.74) is -0.0935. The summed E-state index contributed by atoms with van der Waals surface area (Å²) in [5.74, 6) is -0.937. The van der Waals surface area contributed by atoms with Gasteiger partial charge in [-0.15, -0.1) is 0 Å². The lowest BCUT2D eigenvalue weighted by atomic mass is 10.1. The molecule has 0 aliphatic heterocycles. The molecule has 0 saturated heterocycles. The lowest BCUT2D eigenvalue weighted by Crippen LogP contribution is -2.33. The van der Waals surface area contributed by atoms with Crippen molar-refractivity contribution in [3.05, 3.63) is 66.0 Å². The van der Waals surface area contributed by atoms with Crippen LogP contribution in [0.2, 0.25) is 0 Å². The number of benzene rings is 2. The van der Waals surface area contributed by atoms with Gasteiger partial charge in [0, 0.05) is 6.54 Å². The smallest absolute Gasteiger partial charge is 0.416 e. The van der Waals surface area contributed by atoms with Crippen LogP contribution in [0, 0.1) is 5.82 Å². The van der Waals surface area contributed by atoms with Crippen molar-refractivity contribution >= 4 is 11.6 Å². The number of amides is 1. The van der Waals surface area contributed by atoms with Crippen LogP contribution >= 0.6 is 0 Å². The number of likely N-dealkylation sites (N-methyl/N-ethyl adjacent to an activating group) is 1. The Hall–Kier alpha value is -3.47. The highest BCUT2D eigenvalue weighted by Crippen LogP contribution is 2.33. The van der Waals surface area contributed by atoms with Gasteiger partial charge in [0.25, 0.3) is 0 Å². The monoisotopic (exact) mass is 451 g/mol. The third kappa shape index (κ3) is 5.61. The summed E-state index contributed by atoms with van der Waals surface area (Å²) in [6, 6.07) is 7.46. The van der Waals surface area contributed by atoms with Gasteiger partial charge in [0.2, 0.25) is 5.91 Å². The highest BCUT2D eigenvalue weighted by molar-refractivity contribution is 5.94. The molecular formula is C21H21F4N5O2. The van der Waals surface area contributed by atoms with Crippen molar-refractivity contribution in [3.63, 3.8) is 0 Å². The van der Waals surface area contributed by atoms with Gasteiger partial charge in [-0.2, -0.15) is 18.3 Å². The average molecular weight is 451 g/mol. The maximum absolute atomic E-state index is 13.9. The maximum Gasteiger partial charge on any atom is 0.416 e. The van der Waals surface area contributed by atoms with Crippen molar-refractivity contribution in [2.45, 2.75) is 19.6 Å². The van der Waals surface area contributed by atoms with Gasteiger partial charge in [-0.05, 0) is 42.4 Å². The maximum atomic E-state index is 13.9. The van der Waals surface area contributed by atoms with Crippen LogP contribution in [0.3, 0.4) is 0 Å². The summed E-state index contributed by atoms with van der Waals surface area (Å²) in [5, 5.41) is 6.45. The van der Waals surface area contributed by atoms with Gasteiger partial charge in [-0.3, -0.25) is 9.69 Å². The van der Waals surface area contributed by atoms with Crippen LogP contribution in [-0.4, -0.2) is 45.8 Å². The first-order chi connectivity index (χ1) is 15.2. The molecule has 1 aromatic heterocycles. The van der Waals surface area contributed by atoms with Crippen LogP contribution in [0.25, 0.3) is 5.69 Å². The van der Waals surface area contributed by atoms with Crippen LogP contribution in [0.5, 0.6) is 5.75 Å². The molecule has 2 aromatic carbocycles. The van der Waals surface area contributed by atoms with Crippen LogP contribution in [0.1, 0.15) is 18.1 Å². The minimum absolute atomic E-state index is 0.0538. The van der Waals surface area contributed by atoms with Crippen molar-refractivity contribution in [3.8, 4) is 11.4 Å². The van der Waals surface area contributed by atoms with E-state index in [0.29, 0.717) is 12.1 Å². The van der Waals surface area contributed by atoms with Crippen molar-refractivity contribution in [1.82, 2.24) is 19.7 Å². The highest BCUT2D eigenvalue weighted by atomic mass is 19.4. The van der Waals surface area contributed by atoms with E-state index in [1.165, 1.54) is 42.6 Å². The number of aromatic nitrogens is 3. The number of nitrogens with one attached hydrogen (secondary N) is 1. The number of alkyl halides is 3. The second kappa shape index (κ2) is 9.77. The summed E-state index contributed by atoms with van der Waals surface area (Å²) in [6.07, 6.45) is -2.03. The number of methoxy groups -OCH3 is 1. The van der Waals surface area contributed by atoms with Gasteiger partial charge < -0.3 is 10.1 Å². The van der Waals surface area contributed by atoms with Crippen LogP contribution in [0.15, 0.2) is 49.1 Å². The topological polar surface area (TPSA) is 72.3 Å². The SMILES string of the molecule is CCN(CC(=O)Nc1cc(C(F)(F)F)ccc1-n1cncn1)Cc1ccc(OC)c(F)c1. The minimum Gasteiger partial charge on any atom is -0.494 e. The molecular weight excluding hydrogens is 430 g/mol. The quantitative estimate of drug-likeness (QED) is 0.526. The molecule has 1 heterocycles. The Kier molecular flexibility index (Phi) is 7.08. The second-order valence-electron chi connectivity index (χ2n) is 6.89. The molecule has 1 N–H and O–H groups in total. The molecule has 0 saturated carbocycles. The van der Waals surface area contributed by atoms with E-state index >= 15 is 0 Å². The second-order valence-corrected chi connectivity index (χ2v) is 6.89. The van der Waals surface area contributed by atoms with E-state index in [-0.39, 0.29) is 30.2 Å². The fraction of sp³-hybridized carbons (Fsp3) is 0.286. The molecule has 1 amide bonds. The average Bonchev–Trinajstić information content (AvgIpc) is 3.27. The Morgan fingerprint density at radius 1 is 1.22 bits per heavy atom. The molecule has 7 nitrogen and oxygen atoms in total. The number of carbonyl (C=O) groups excluding carboxylic acids is 1. The predicted molar refractivity (Wildman–Crippen MR) is 109 cm³/mol. The highest BCUT2D eigenvalue weighted by Gasteiger charge is 2.31. The normalized spacial score (nSPS) is 11.6. The number of nitrogens with zero attached hydrogens (tertiary/aromatic N) is 4. The fourth-order valence-corrected chi connectivity index (χ4v) is 3.08. The molecule has 0 aliphatic carbocycles. The summed E-state index contributed by atoms with van der Waals surface area (Å²) in [6.45, 7) is 2.43. The Balaban J connectivity index is 1.77. The lowest BCUT2D eigenvalue weighted by molar-refractivity contribution is -0.137. The summed E-state index contributed by atoms with van der Waals surface area (Å²) >= 11 is 0.